The molecule has 0 saturated heterocycles. The second kappa shape index (κ2) is 4.90. The molecule has 0 fully saturated rings. The highest BCUT2D eigenvalue weighted by atomic mass is 15.3. The Morgan fingerprint density at radius 2 is 2.50 bits per heavy atom. The van der Waals surface area contributed by atoms with Crippen molar-refractivity contribution in [3.8, 4) is 0 Å². The first-order chi connectivity index (χ1) is 5.83. The van der Waals surface area contributed by atoms with Crippen molar-refractivity contribution < 1.29 is 0 Å². The van der Waals surface area contributed by atoms with Crippen molar-refractivity contribution in [2.24, 2.45) is 5.73 Å². The average Bonchev–Trinajstić information content (AvgIpc) is 2.57. The maximum absolute atomic E-state index is 5.45. The van der Waals surface area contributed by atoms with Crippen LogP contribution < -0.4 is 11.1 Å². The SMILES string of the molecule is CC(CN)NCCn1cccn1. The monoisotopic (exact) mass is 168 g/mol. The largest absolute Gasteiger partial charge is 0.329 e. The topological polar surface area (TPSA) is 55.9 Å². The molecular weight excluding hydrogens is 152 g/mol. The lowest BCUT2D eigenvalue weighted by Crippen LogP contribution is -2.35. The van der Waals surface area contributed by atoms with Gasteiger partial charge in [0.25, 0.3) is 0 Å². The standard InChI is InChI=1S/C8H16N4/c1-8(7-9)10-4-6-12-5-2-3-11-12/h2-3,5,8,10H,4,6-7,9H2,1H3. The molecule has 12 heavy (non-hydrogen) atoms. The van der Waals surface area contributed by atoms with E-state index >= 15 is 0 Å². The van der Waals surface area contributed by atoms with E-state index in [1.54, 1.807) is 6.20 Å². The fourth-order valence-electron chi connectivity index (χ4n) is 0.942. The minimum absolute atomic E-state index is 0.389. The Labute approximate surface area is 72.8 Å². The van der Waals surface area contributed by atoms with Crippen LogP contribution in [0.3, 0.4) is 0 Å². The van der Waals surface area contributed by atoms with Crippen LogP contribution in [0.5, 0.6) is 0 Å². The Morgan fingerprint density at radius 1 is 1.67 bits per heavy atom. The van der Waals surface area contributed by atoms with E-state index in [4.69, 9.17) is 5.73 Å². The van der Waals surface area contributed by atoms with E-state index in [1.165, 1.54) is 0 Å². The van der Waals surface area contributed by atoms with Crippen LogP contribution >= 0.6 is 0 Å². The minimum atomic E-state index is 0.389. The van der Waals surface area contributed by atoms with E-state index in [0.29, 0.717) is 12.6 Å². The fourth-order valence-corrected chi connectivity index (χ4v) is 0.942. The second-order valence-electron chi connectivity index (χ2n) is 2.86. The van der Waals surface area contributed by atoms with Crippen molar-refractivity contribution in [1.82, 2.24) is 15.1 Å². The van der Waals surface area contributed by atoms with Crippen molar-refractivity contribution in [1.29, 1.82) is 0 Å². The Balaban J connectivity index is 2.11. The van der Waals surface area contributed by atoms with Crippen LogP contribution in [0.15, 0.2) is 18.5 Å². The highest BCUT2D eigenvalue weighted by Gasteiger charge is 1.96. The number of hydrogen-bond acceptors (Lipinski definition) is 3. The predicted molar refractivity (Wildman–Crippen MR) is 48.7 cm³/mol. The summed E-state index contributed by atoms with van der Waals surface area (Å²) in [6, 6.07) is 2.31. The predicted octanol–water partition coefficient (Wildman–Crippen LogP) is -0.180. The van der Waals surface area contributed by atoms with Gasteiger partial charge in [0, 0.05) is 31.5 Å². The number of nitrogens with zero attached hydrogens (tertiary/aromatic N) is 2. The normalized spacial score (nSPS) is 13.2. The molecule has 0 aliphatic carbocycles. The summed E-state index contributed by atoms with van der Waals surface area (Å²) in [5.41, 5.74) is 5.45. The van der Waals surface area contributed by atoms with Gasteiger partial charge in [-0.05, 0) is 13.0 Å². The molecule has 0 aliphatic rings. The molecule has 0 saturated carbocycles. The van der Waals surface area contributed by atoms with Gasteiger partial charge in [-0.3, -0.25) is 4.68 Å². The Hall–Kier alpha value is -0.870. The molecule has 0 aliphatic heterocycles. The molecule has 0 spiro atoms. The lowest BCUT2D eigenvalue weighted by Gasteiger charge is -2.10. The smallest absolute Gasteiger partial charge is 0.0534 e. The molecule has 0 bridgehead atoms. The lowest BCUT2D eigenvalue weighted by atomic mass is 10.3. The highest BCUT2D eigenvalue weighted by Crippen LogP contribution is 1.83. The zero-order chi connectivity index (χ0) is 8.81. The first kappa shape index (κ1) is 9.22. The molecule has 4 nitrogen and oxygen atoms in total. The number of aromatic nitrogens is 2. The van der Waals surface area contributed by atoms with Gasteiger partial charge < -0.3 is 11.1 Å². The van der Waals surface area contributed by atoms with Crippen LogP contribution in [-0.2, 0) is 6.54 Å². The molecule has 1 rings (SSSR count). The van der Waals surface area contributed by atoms with Crippen LogP contribution in [-0.4, -0.2) is 28.9 Å². The second-order valence-corrected chi connectivity index (χ2v) is 2.86. The van der Waals surface area contributed by atoms with Crippen LogP contribution in [0.1, 0.15) is 6.92 Å². The van der Waals surface area contributed by atoms with Gasteiger partial charge in [0.05, 0.1) is 6.54 Å². The van der Waals surface area contributed by atoms with E-state index in [2.05, 4.69) is 17.3 Å². The molecule has 4 heteroatoms. The molecule has 1 heterocycles. The van der Waals surface area contributed by atoms with E-state index in [0.717, 1.165) is 13.1 Å². The van der Waals surface area contributed by atoms with Gasteiger partial charge >= 0.3 is 0 Å². The summed E-state index contributed by atoms with van der Waals surface area (Å²) in [7, 11) is 0. The van der Waals surface area contributed by atoms with Crippen molar-refractivity contribution in [3.05, 3.63) is 18.5 Å². The van der Waals surface area contributed by atoms with Gasteiger partial charge in [0.15, 0.2) is 0 Å². The summed E-state index contributed by atoms with van der Waals surface area (Å²) >= 11 is 0. The Bertz CT molecular complexity index is 195. The van der Waals surface area contributed by atoms with Crippen LogP contribution in [0.2, 0.25) is 0 Å². The maximum atomic E-state index is 5.45. The van der Waals surface area contributed by atoms with E-state index < -0.39 is 0 Å². The van der Waals surface area contributed by atoms with Crippen molar-refractivity contribution in [2.75, 3.05) is 13.1 Å². The number of rotatable bonds is 5. The quantitative estimate of drug-likeness (QED) is 0.641. The molecule has 1 aromatic rings. The molecule has 0 aromatic carbocycles. The fraction of sp³-hybridized carbons (Fsp3) is 0.625. The summed E-state index contributed by atoms with van der Waals surface area (Å²) in [6.45, 7) is 4.57. The first-order valence-corrected chi connectivity index (χ1v) is 4.24. The summed E-state index contributed by atoms with van der Waals surface area (Å²) in [6.07, 6.45) is 3.74. The van der Waals surface area contributed by atoms with Crippen LogP contribution in [0.25, 0.3) is 0 Å². The lowest BCUT2D eigenvalue weighted by molar-refractivity contribution is 0.500. The minimum Gasteiger partial charge on any atom is -0.329 e. The van der Waals surface area contributed by atoms with Crippen molar-refractivity contribution in [2.45, 2.75) is 19.5 Å². The van der Waals surface area contributed by atoms with E-state index in [9.17, 15) is 0 Å². The Morgan fingerprint density at radius 3 is 3.08 bits per heavy atom. The van der Waals surface area contributed by atoms with Crippen molar-refractivity contribution >= 4 is 0 Å². The van der Waals surface area contributed by atoms with Gasteiger partial charge in [0.1, 0.15) is 0 Å². The molecule has 0 amide bonds. The molecule has 1 aromatic heterocycles. The molecule has 68 valence electrons. The third-order valence-electron chi connectivity index (χ3n) is 1.75. The average molecular weight is 168 g/mol. The third-order valence-corrected chi connectivity index (χ3v) is 1.75. The zero-order valence-corrected chi connectivity index (χ0v) is 7.40. The third kappa shape index (κ3) is 3.02. The first-order valence-electron chi connectivity index (χ1n) is 4.24. The van der Waals surface area contributed by atoms with Crippen molar-refractivity contribution in [3.63, 3.8) is 0 Å². The zero-order valence-electron chi connectivity index (χ0n) is 7.40. The van der Waals surface area contributed by atoms with Gasteiger partial charge in [-0.2, -0.15) is 5.10 Å². The number of nitrogens with one attached hydrogen (secondary N) is 1. The highest BCUT2D eigenvalue weighted by molar-refractivity contribution is 4.77. The van der Waals surface area contributed by atoms with Crippen LogP contribution in [0, 0.1) is 0 Å². The molecule has 3 N–H and O–H groups in total. The molecular formula is C8H16N4. The summed E-state index contributed by atoms with van der Waals surface area (Å²) in [5.74, 6) is 0. The molecule has 1 atom stereocenters. The van der Waals surface area contributed by atoms with Gasteiger partial charge in [-0.25, -0.2) is 0 Å². The van der Waals surface area contributed by atoms with E-state index in [-0.39, 0.29) is 0 Å². The Kier molecular flexibility index (Phi) is 3.76. The van der Waals surface area contributed by atoms with Gasteiger partial charge in [-0.1, -0.05) is 0 Å². The maximum Gasteiger partial charge on any atom is 0.0534 e. The van der Waals surface area contributed by atoms with Gasteiger partial charge in [-0.15, -0.1) is 0 Å². The number of nitrogens with two attached hydrogens (primary N) is 1. The van der Waals surface area contributed by atoms with Gasteiger partial charge in [0.2, 0.25) is 0 Å². The summed E-state index contributed by atoms with van der Waals surface area (Å²) in [4.78, 5) is 0. The molecule has 0 radical (unpaired) electrons. The summed E-state index contributed by atoms with van der Waals surface area (Å²) < 4.78 is 1.90. The molecule has 1 unspecified atom stereocenters. The number of hydrogen-bond donors (Lipinski definition) is 2. The van der Waals surface area contributed by atoms with Crippen LogP contribution in [0.4, 0.5) is 0 Å². The van der Waals surface area contributed by atoms with E-state index in [1.807, 2.05) is 16.9 Å². The summed E-state index contributed by atoms with van der Waals surface area (Å²) in [5, 5.41) is 7.37.